The Bertz CT molecular complexity index is 2490. The number of esters is 1. The quantitative estimate of drug-likeness (QED) is 0.128. The minimum Gasteiger partial charge on any atom is -0.497 e. The number of alkyl halides is 3. The minimum absolute atomic E-state index is 0.000576. The molecule has 0 bridgehead atoms. The predicted octanol–water partition coefficient (Wildman–Crippen LogP) is 8.31. The van der Waals surface area contributed by atoms with E-state index in [0.29, 0.717) is 72.2 Å². The van der Waals surface area contributed by atoms with Crippen molar-refractivity contribution < 1.29 is 59.7 Å². The molecule has 67 heavy (non-hydrogen) atoms. The Balaban J connectivity index is 1.27. The van der Waals surface area contributed by atoms with Gasteiger partial charge in [0, 0.05) is 18.2 Å². The van der Waals surface area contributed by atoms with Crippen molar-refractivity contribution in [3.05, 3.63) is 54.7 Å². The van der Waals surface area contributed by atoms with Gasteiger partial charge in [-0.2, -0.15) is 13.2 Å². The highest BCUT2D eigenvalue weighted by atomic mass is 32.2. The van der Waals surface area contributed by atoms with E-state index in [1.54, 1.807) is 36.5 Å². The molecular weight excluding hydrogens is 894 g/mol. The monoisotopic (exact) mass is 954 g/mol. The van der Waals surface area contributed by atoms with Crippen molar-refractivity contribution in [2.45, 2.75) is 141 Å². The summed E-state index contributed by atoms with van der Waals surface area (Å²) in [6.07, 6.45) is 1.52. The largest absolute Gasteiger partial charge is 0.497 e. The summed E-state index contributed by atoms with van der Waals surface area (Å²) in [4.78, 5) is 68.5. The summed E-state index contributed by atoms with van der Waals surface area (Å²) in [6, 6.07) is 9.45. The molecule has 4 heterocycles. The molecule has 7 rings (SSSR count). The van der Waals surface area contributed by atoms with Gasteiger partial charge in [0.25, 0.3) is 0 Å². The molecule has 7 atom stereocenters. The van der Waals surface area contributed by atoms with Gasteiger partial charge in [-0.05, 0) is 126 Å². The molecule has 0 radical (unpaired) electrons. The van der Waals surface area contributed by atoms with Crippen molar-refractivity contribution in [2.24, 2.45) is 29.1 Å². The fourth-order valence-corrected chi connectivity index (χ4v) is 10.8. The van der Waals surface area contributed by atoms with E-state index in [4.69, 9.17) is 23.9 Å². The zero-order valence-corrected chi connectivity index (χ0v) is 39.9. The second-order valence-corrected chi connectivity index (χ2v) is 21.5. The number of sulfonamides is 1. The number of fused-ring (bicyclic) bond motifs is 3. The molecule has 0 spiro atoms. The van der Waals surface area contributed by atoms with E-state index in [2.05, 4.69) is 9.71 Å². The van der Waals surface area contributed by atoms with Crippen molar-refractivity contribution in [3.8, 4) is 28.8 Å². The van der Waals surface area contributed by atoms with Crippen molar-refractivity contribution in [1.82, 2.24) is 19.6 Å². The summed E-state index contributed by atoms with van der Waals surface area (Å²) in [6.45, 7) is 8.96. The number of Topliss-reactive ketones (excluding diaryl/α,β-unsaturated/α-hetero) is 1. The van der Waals surface area contributed by atoms with Gasteiger partial charge in [-0.1, -0.05) is 32.4 Å². The third kappa shape index (κ3) is 11.2. The van der Waals surface area contributed by atoms with Crippen molar-refractivity contribution >= 4 is 44.4 Å². The number of halogens is 3. The van der Waals surface area contributed by atoms with E-state index in [1.807, 2.05) is 45.9 Å². The van der Waals surface area contributed by atoms with Crippen LogP contribution < -0.4 is 18.9 Å². The highest BCUT2D eigenvalue weighted by Crippen LogP contribution is 2.57. The number of ketones is 1. The summed E-state index contributed by atoms with van der Waals surface area (Å²) in [7, 11) is -2.43. The first-order chi connectivity index (χ1) is 31.5. The van der Waals surface area contributed by atoms with Gasteiger partial charge in [-0.3, -0.25) is 28.9 Å². The maximum Gasteiger partial charge on any atom is 0.427 e. The lowest BCUT2D eigenvalue weighted by atomic mass is 9.79. The fourth-order valence-electron chi connectivity index (χ4n) is 9.39. The Kier molecular flexibility index (Phi) is 14.4. The topological polar surface area (TPSA) is 180 Å². The lowest BCUT2D eigenvalue weighted by Crippen LogP contribution is -2.48. The van der Waals surface area contributed by atoms with Crippen LogP contribution in [-0.4, -0.2) is 95.8 Å². The molecule has 2 saturated carbocycles. The number of carbonyl (C=O) groups excluding carboxylic acids is 4. The Morgan fingerprint density at radius 1 is 1.01 bits per heavy atom. The molecule has 3 fully saturated rings. The van der Waals surface area contributed by atoms with Crippen molar-refractivity contribution in [2.75, 3.05) is 13.7 Å². The number of allylic oxidation sites excluding steroid dienone is 2. The van der Waals surface area contributed by atoms with Gasteiger partial charge in [0.05, 0.1) is 66.4 Å². The highest BCUT2D eigenvalue weighted by Gasteiger charge is 2.62. The molecule has 1 saturated heterocycles. The number of methoxy groups -OCH3 is 1. The molecule has 0 unspecified atom stereocenters. The number of rotatable bonds is 13. The number of benzene rings is 1. The fraction of sp³-hybridized carbons (Fsp3) is 0.592. The second kappa shape index (κ2) is 19.4. The minimum atomic E-state index is -4.89. The van der Waals surface area contributed by atoms with Crippen LogP contribution in [0.4, 0.5) is 13.2 Å². The smallest absolute Gasteiger partial charge is 0.427 e. The summed E-state index contributed by atoms with van der Waals surface area (Å²) < 4.78 is 93.3. The summed E-state index contributed by atoms with van der Waals surface area (Å²) in [5, 5.41) is 0.585. The first-order valence-corrected chi connectivity index (χ1v) is 24.7. The molecule has 364 valence electrons. The maximum absolute atomic E-state index is 15.2. The average molecular weight is 955 g/mol. The molecule has 4 aliphatic rings. The lowest BCUT2D eigenvalue weighted by Gasteiger charge is -2.34. The molecule has 2 aliphatic heterocycles. The zero-order valence-electron chi connectivity index (χ0n) is 39.1. The van der Waals surface area contributed by atoms with Crippen LogP contribution in [0.2, 0.25) is 0 Å². The van der Waals surface area contributed by atoms with E-state index in [0.717, 1.165) is 13.8 Å². The van der Waals surface area contributed by atoms with E-state index >= 15 is 4.79 Å². The van der Waals surface area contributed by atoms with Crippen LogP contribution in [0.3, 0.4) is 0 Å². The standard InChI is InChI=1S/C49H61F3N4O10S/c1-8-30-19-29(4)11-9-10-12-32-24-48(32,46(60)55-67(61,62)36-15-16-36)25-42(57)41-22-35(27-56(41)45(59)38(30)23-43(58)66-47(5,6)49(50,51)52)65-44-37-17-13-33(63-7)20-31(37)21-40(54-44)39-18-14-34(26-53-39)64-28(2)3/h10,12-14,17-18,20-21,26,28-30,32,35-36,38,41H,8-9,11,15-16,19,22-25,27H2,1-7H3,(H,55,60)/b12-10-/t29-,30+,32+,35+,38-,41-,48+/m0/s1. The van der Waals surface area contributed by atoms with Crippen LogP contribution >= 0.6 is 0 Å². The first kappa shape index (κ1) is 49.6. The van der Waals surface area contributed by atoms with Gasteiger partial charge in [0.1, 0.15) is 17.6 Å². The lowest BCUT2D eigenvalue weighted by molar-refractivity contribution is -0.257. The first-order valence-electron chi connectivity index (χ1n) is 23.2. The SMILES string of the molecule is CC[C@@H]1C[C@@H](C)CC/C=C\[C@@H]2C[C@@]2(C(=O)NS(=O)(=O)C2CC2)CC(=O)[C@@H]2C[C@@H](Oc3nc(-c4ccc(OC(C)C)cn4)cc4cc(OC)ccc34)CN2C(=O)[C@H]1CC(=O)OC(C)(C)C(F)(F)F. The van der Waals surface area contributed by atoms with Crippen LogP contribution in [0.5, 0.6) is 17.4 Å². The Morgan fingerprint density at radius 3 is 2.39 bits per heavy atom. The molecule has 18 heteroatoms. The number of pyridine rings is 2. The number of hydrogen-bond acceptors (Lipinski definition) is 12. The van der Waals surface area contributed by atoms with Gasteiger partial charge in [0.2, 0.25) is 33.3 Å². The van der Waals surface area contributed by atoms with Gasteiger partial charge < -0.3 is 23.8 Å². The normalized spacial score (nSPS) is 26.8. The molecule has 1 N–H and O–H groups in total. The van der Waals surface area contributed by atoms with Crippen molar-refractivity contribution in [3.63, 3.8) is 0 Å². The number of nitrogens with one attached hydrogen (secondary N) is 1. The molecule has 2 amide bonds. The number of ether oxygens (including phenoxy) is 4. The third-order valence-corrected chi connectivity index (χ3v) is 15.4. The molecular formula is C49H61F3N4O10S. The number of hydrogen-bond donors (Lipinski definition) is 1. The van der Waals surface area contributed by atoms with Crippen LogP contribution in [0, 0.1) is 29.1 Å². The molecule has 14 nitrogen and oxygen atoms in total. The average Bonchev–Trinajstić information content (AvgIpc) is 4.19. The van der Waals surface area contributed by atoms with Crippen molar-refractivity contribution in [1.29, 1.82) is 0 Å². The molecule has 3 aromatic rings. The number of carbonyl (C=O) groups is 4. The number of amides is 2. The molecule has 2 aromatic heterocycles. The van der Waals surface area contributed by atoms with Crippen LogP contribution in [-0.2, 0) is 33.9 Å². The van der Waals surface area contributed by atoms with Crippen LogP contribution in [0.1, 0.15) is 106 Å². The Hall–Kier alpha value is -5.26. The number of nitrogens with zero attached hydrogens (tertiary/aromatic N) is 3. The van der Waals surface area contributed by atoms with Crippen LogP contribution in [0.15, 0.2) is 54.7 Å². The summed E-state index contributed by atoms with van der Waals surface area (Å²) in [5.74, 6) is -3.97. The van der Waals surface area contributed by atoms with Gasteiger partial charge in [0.15, 0.2) is 5.78 Å². The third-order valence-electron chi connectivity index (χ3n) is 13.6. The van der Waals surface area contributed by atoms with Crippen LogP contribution in [0.25, 0.3) is 22.2 Å². The highest BCUT2D eigenvalue weighted by molar-refractivity contribution is 7.90. The van der Waals surface area contributed by atoms with Gasteiger partial charge >= 0.3 is 12.1 Å². The Morgan fingerprint density at radius 2 is 1.75 bits per heavy atom. The zero-order chi connectivity index (χ0) is 48.6. The second-order valence-electron chi connectivity index (χ2n) is 19.5. The van der Waals surface area contributed by atoms with Gasteiger partial charge in [-0.15, -0.1) is 0 Å². The number of aromatic nitrogens is 2. The maximum atomic E-state index is 15.2. The summed E-state index contributed by atoms with van der Waals surface area (Å²) >= 11 is 0. The summed E-state index contributed by atoms with van der Waals surface area (Å²) in [5.41, 5.74) is -3.30. The van der Waals surface area contributed by atoms with E-state index in [1.165, 1.54) is 12.0 Å². The molecule has 1 aromatic carbocycles. The van der Waals surface area contributed by atoms with E-state index in [-0.39, 0.29) is 37.3 Å². The van der Waals surface area contributed by atoms with E-state index < -0.39 is 98.8 Å². The predicted molar refractivity (Wildman–Crippen MR) is 242 cm³/mol. The van der Waals surface area contributed by atoms with E-state index in [9.17, 15) is 36.0 Å². The molecule has 2 aliphatic carbocycles. The Labute approximate surface area is 389 Å². The van der Waals surface area contributed by atoms with Gasteiger partial charge in [-0.25, -0.2) is 13.4 Å².